The Morgan fingerprint density at radius 3 is 2.65 bits per heavy atom. The van der Waals surface area contributed by atoms with E-state index in [1.807, 2.05) is 0 Å². The predicted molar refractivity (Wildman–Crippen MR) is 135 cm³/mol. The van der Waals surface area contributed by atoms with Gasteiger partial charge in [0.1, 0.15) is 29.0 Å². The molecule has 1 aliphatic heterocycles. The standard InChI is InChI=1S/C26H23F4N7O3/c1-3-20(38)35-10-14(8-15(35)11-40-26(29)30)37-25(32-2)21(24(31)39)18(34-37)7-6-16-17(27)9-19-23(22(16)28)33-12-36(19)13-4-5-13/h3,9,11-14,26,32H,1,4-5,8,10H2,2H3,(H2,31,39)/b15-11+/t14-/m0/s1. The Morgan fingerprint density at radius 2 is 2.02 bits per heavy atom. The predicted octanol–water partition coefficient (Wildman–Crippen LogP) is 3.43. The number of amides is 2. The van der Waals surface area contributed by atoms with Crippen LogP contribution in [0.4, 0.5) is 23.4 Å². The fourth-order valence-corrected chi connectivity index (χ4v) is 4.73. The zero-order valence-electron chi connectivity index (χ0n) is 21.1. The molecule has 208 valence electrons. The first-order valence-corrected chi connectivity index (χ1v) is 12.2. The molecule has 2 aliphatic rings. The minimum atomic E-state index is -3.10. The summed E-state index contributed by atoms with van der Waals surface area (Å²) in [6, 6.07) is 0.663. The monoisotopic (exact) mass is 557 g/mol. The number of alkyl halides is 2. The number of hydrogen-bond acceptors (Lipinski definition) is 6. The number of imidazole rings is 1. The third-order valence-electron chi connectivity index (χ3n) is 6.68. The van der Waals surface area contributed by atoms with Crippen LogP contribution in [0, 0.1) is 23.5 Å². The largest absolute Gasteiger partial charge is 0.441 e. The van der Waals surface area contributed by atoms with Crippen LogP contribution in [0.15, 0.2) is 37.0 Å². The van der Waals surface area contributed by atoms with Gasteiger partial charge in [0, 0.05) is 32.1 Å². The number of primary amides is 1. The topological polar surface area (TPSA) is 120 Å². The quantitative estimate of drug-likeness (QED) is 0.199. The molecule has 2 amide bonds. The Morgan fingerprint density at radius 1 is 1.27 bits per heavy atom. The van der Waals surface area contributed by atoms with Gasteiger partial charge in [0.15, 0.2) is 11.5 Å². The van der Waals surface area contributed by atoms with Crippen molar-refractivity contribution in [3.63, 3.8) is 0 Å². The molecule has 0 bridgehead atoms. The fourth-order valence-electron chi connectivity index (χ4n) is 4.73. The molecule has 3 heterocycles. The van der Waals surface area contributed by atoms with Crippen molar-refractivity contribution in [1.82, 2.24) is 24.2 Å². The summed E-state index contributed by atoms with van der Waals surface area (Å²) in [7, 11) is 1.49. The summed E-state index contributed by atoms with van der Waals surface area (Å²) in [5, 5.41) is 7.15. The highest BCUT2D eigenvalue weighted by Crippen LogP contribution is 2.38. The molecule has 40 heavy (non-hydrogen) atoms. The second-order valence-electron chi connectivity index (χ2n) is 9.20. The van der Waals surface area contributed by atoms with Crippen LogP contribution < -0.4 is 11.1 Å². The number of nitrogens with one attached hydrogen (secondary N) is 1. The first kappa shape index (κ1) is 26.8. The van der Waals surface area contributed by atoms with Crippen LogP contribution in [-0.4, -0.2) is 56.2 Å². The van der Waals surface area contributed by atoms with Crippen molar-refractivity contribution in [2.75, 3.05) is 18.9 Å². The normalized spacial score (nSPS) is 17.8. The second kappa shape index (κ2) is 10.4. The molecule has 2 aromatic heterocycles. The average molecular weight is 558 g/mol. The highest BCUT2D eigenvalue weighted by atomic mass is 19.3. The highest BCUT2D eigenvalue weighted by Gasteiger charge is 2.35. The van der Waals surface area contributed by atoms with Crippen molar-refractivity contribution >= 4 is 28.7 Å². The minimum absolute atomic E-state index is 0.0112. The number of benzene rings is 1. The number of aromatic nitrogens is 4. The van der Waals surface area contributed by atoms with E-state index < -0.39 is 41.7 Å². The number of ether oxygens (including phenoxy) is 1. The summed E-state index contributed by atoms with van der Waals surface area (Å²) in [6.45, 7) is 0.284. The Balaban J connectivity index is 1.55. The number of rotatable bonds is 7. The molecule has 14 heteroatoms. The zero-order chi connectivity index (χ0) is 28.7. The van der Waals surface area contributed by atoms with Crippen molar-refractivity contribution in [2.45, 2.75) is 38.0 Å². The van der Waals surface area contributed by atoms with E-state index in [1.54, 1.807) is 4.57 Å². The molecule has 1 aromatic carbocycles. The molecule has 3 N–H and O–H groups in total. The van der Waals surface area contributed by atoms with Gasteiger partial charge < -0.3 is 25.3 Å². The number of halogens is 4. The van der Waals surface area contributed by atoms with Gasteiger partial charge in [0.2, 0.25) is 5.91 Å². The lowest BCUT2D eigenvalue weighted by molar-refractivity contribution is -0.124. The number of carbonyl (C=O) groups is 2. The molecule has 1 aliphatic carbocycles. The van der Waals surface area contributed by atoms with Gasteiger partial charge in [0.25, 0.3) is 5.91 Å². The van der Waals surface area contributed by atoms with Gasteiger partial charge in [0.05, 0.1) is 29.1 Å². The molecule has 0 radical (unpaired) electrons. The maximum atomic E-state index is 15.2. The Hall–Kier alpha value is -4.80. The van der Waals surface area contributed by atoms with Gasteiger partial charge in [-0.05, 0) is 24.8 Å². The number of anilines is 1. The van der Waals surface area contributed by atoms with Crippen LogP contribution in [0.25, 0.3) is 11.0 Å². The first-order chi connectivity index (χ1) is 19.1. The van der Waals surface area contributed by atoms with Crippen molar-refractivity contribution < 1.29 is 31.9 Å². The number of nitrogens with two attached hydrogens (primary N) is 1. The van der Waals surface area contributed by atoms with E-state index in [1.165, 1.54) is 29.0 Å². The number of likely N-dealkylation sites (tertiary alicyclic amines) is 1. The smallest absolute Gasteiger partial charge is 0.387 e. The summed E-state index contributed by atoms with van der Waals surface area (Å²) in [5.74, 6) is 1.74. The lowest BCUT2D eigenvalue weighted by Gasteiger charge is -2.17. The summed E-state index contributed by atoms with van der Waals surface area (Å²) in [6.07, 6.45) is 5.07. The molecule has 0 unspecified atom stereocenters. The van der Waals surface area contributed by atoms with Gasteiger partial charge in [-0.3, -0.25) is 9.59 Å². The maximum Gasteiger partial charge on any atom is 0.387 e. The number of nitrogens with zero attached hydrogens (tertiary/aromatic N) is 5. The Labute approximate surface area is 225 Å². The van der Waals surface area contributed by atoms with Crippen LogP contribution in [0.2, 0.25) is 0 Å². The van der Waals surface area contributed by atoms with Gasteiger partial charge in [-0.2, -0.15) is 13.9 Å². The molecule has 1 saturated heterocycles. The summed E-state index contributed by atoms with van der Waals surface area (Å²) >= 11 is 0. The highest BCUT2D eigenvalue weighted by molar-refractivity contribution is 6.00. The van der Waals surface area contributed by atoms with Crippen molar-refractivity contribution in [3.05, 3.63) is 65.5 Å². The molecule has 2 fully saturated rings. The Kier molecular flexibility index (Phi) is 6.97. The van der Waals surface area contributed by atoms with Crippen LogP contribution >= 0.6 is 0 Å². The number of allylic oxidation sites excluding steroid dienone is 1. The van der Waals surface area contributed by atoms with E-state index in [0.717, 1.165) is 25.2 Å². The summed E-state index contributed by atoms with van der Waals surface area (Å²) < 4.78 is 62.8. The molecule has 0 spiro atoms. The SMILES string of the molecule is C=CC(=O)N1C[C@@H](n2nc(C#Cc3c(F)cc4c(ncn4C4CC4)c3F)c(C(N)=O)c2NC)C/C1=C\OC(F)F. The minimum Gasteiger partial charge on any atom is -0.441 e. The molecule has 1 atom stereocenters. The molecule has 5 rings (SSSR count). The van der Waals surface area contributed by atoms with E-state index in [-0.39, 0.29) is 47.3 Å². The van der Waals surface area contributed by atoms with Gasteiger partial charge in [-0.25, -0.2) is 18.4 Å². The van der Waals surface area contributed by atoms with E-state index >= 15 is 4.39 Å². The summed E-state index contributed by atoms with van der Waals surface area (Å²) in [4.78, 5) is 30.0. The van der Waals surface area contributed by atoms with Gasteiger partial charge in [-0.15, -0.1) is 0 Å². The zero-order valence-corrected chi connectivity index (χ0v) is 21.1. The lowest BCUT2D eigenvalue weighted by atomic mass is 10.1. The van der Waals surface area contributed by atoms with Crippen LogP contribution in [0.3, 0.4) is 0 Å². The Bertz CT molecular complexity index is 1630. The third-order valence-corrected chi connectivity index (χ3v) is 6.68. The summed E-state index contributed by atoms with van der Waals surface area (Å²) in [5.41, 5.74) is 5.13. The van der Waals surface area contributed by atoms with E-state index in [9.17, 15) is 22.8 Å². The van der Waals surface area contributed by atoms with Crippen LogP contribution in [0.1, 0.15) is 53.0 Å². The van der Waals surface area contributed by atoms with Gasteiger partial charge in [-0.1, -0.05) is 12.5 Å². The number of fused-ring (bicyclic) bond motifs is 1. The van der Waals surface area contributed by atoms with Crippen molar-refractivity contribution in [2.24, 2.45) is 5.73 Å². The van der Waals surface area contributed by atoms with Crippen molar-refractivity contribution in [3.8, 4) is 11.8 Å². The third kappa shape index (κ3) is 4.74. The second-order valence-corrected chi connectivity index (χ2v) is 9.20. The fraction of sp³-hybridized carbons (Fsp3) is 0.308. The maximum absolute atomic E-state index is 15.2. The molecular formula is C26H23F4N7O3. The van der Waals surface area contributed by atoms with E-state index in [2.05, 4.69) is 38.6 Å². The molecule has 3 aromatic rings. The van der Waals surface area contributed by atoms with Crippen LogP contribution in [0.5, 0.6) is 0 Å². The van der Waals surface area contributed by atoms with Crippen LogP contribution in [-0.2, 0) is 9.53 Å². The number of carbonyl (C=O) groups excluding carboxylic acids is 2. The van der Waals surface area contributed by atoms with E-state index in [0.29, 0.717) is 5.52 Å². The number of hydrogen-bond donors (Lipinski definition) is 2. The first-order valence-electron chi connectivity index (χ1n) is 12.2. The van der Waals surface area contributed by atoms with Crippen molar-refractivity contribution in [1.29, 1.82) is 0 Å². The lowest BCUT2D eigenvalue weighted by Crippen LogP contribution is -2.27. The molecule has 1 saturated carbocycles. The van der Waals surface area contributed by atoms with E-state index in [4.69, 9.17) is 5.73 Å². The average Bonchev–Trinajstić information content (AvgIpc) is 3.36. The molecule has 10 nitrogen and oxygen atoms in total. The molecular weight excluding hydrogens is 534 g/mol. The van der Waals surface area contributed by atoms with Gasteiger partial charge >= 0.3 is 6.61 Å².